The summed E-state index contributed by atoms with van der Waals surface area (Å²) >= 11 is 0. The van der Waals surface area contributed by atoms with E-state index in [1.165, 1.54) is 18.2 Å². The molecule has 47 heavy (non-hydrogen) atoms. The number of carbonyl (C=O) groups is 1. The van der Waals surface area contributed by atoms with Crippen LogP contribution in [0.4, 0.5) is 0 Å². The molecular formula is C34H63N3O10. The lowest BCUT2D eigenvalue weighted by Gasteiger charge is -2.17. The van der Waals surface area contributed by atoms with Gasteiger partial charge in [-0.3, -0.25) is 15.1 Å². The molecule has 12 N–H and O–H groups in total. The molecule has 0 saturated heterocycles. The van der Waals surface area contributed by atoms with Crippen molar-refractivity contribution in [2.24, 2.45) is 16.1 Å². The molecule has 0 aromatic heterocycles. The predicted octanol–water partition coefficient (Wildman–Crippen LogP) is 0.691. The van der Waals surface area contributed by atoms with E-state index < -0.39 is 60.4 Å². The Morgan fingerprint density at radius 2 is 1.06 bits per heavy atom. The summed E-state index contributed by atoms with van der Waals surface area (Å²) in [6, 6.07) is 0. The van der Waals surface area contributed by atoms with Gasteiger partial charge in [-0.05, 0) is 51.4 Å². The van der Waals surface area contributed by atoms with Gasteiger partial charge < -0.3 is 51.7 Å². The largest absolute Gasteiger partial charge is 0.393 e. The molecule has 9 unspecified atom stereocenters. The Labute approximate surface area is 280 Å². The van der Waals surface area contributed by atoms with Gasteiger partial charge in [0.25, 0.3) is 0 Å². The third kappa shape index (κ3) is 25.5. The smallest absolute Gasteiger partial charge is 0.232 e. The van der Waals surface area contributed by atoms with E-state index in [0.29, 0.717) is 25.8 Å². The van der Waals surface area contributed by atoms with Gasteiger partial charge in [0.2, 0.25) is 5.91 Å². The van der Waals surface area contributed by atoms with Gasteiger partial charge in [0.15, 0.2) is 5.96 Å². The van der Waals surface area contributed by atoms with E-state index in [1.807, 2.05) is 6.92 Å². The SMILES string of the molecule is CCC(O)CC(O)/C=C/CC(O)CC(O)CC(O)/C=C/CC(O)CC(O)/C=C/CC(O)CC(O)CCCN=C(N)NC(=O)C(C)(C)C. The zero-order valence-electron chi connectivity index (χ0n) is 28.6. The number of aliphatic hydroxyl groups is 9. The molecular weight excluding hydrogens is 610 g/mol. The van der Waals surface area contributed by atoms with E-state index in [1.54, 1.807) is 39.0 Å². The summed E-state index contributed by atoms with van der Waals surface area (Å²) < 4.78 is 0. The maximum Gasteiger partial charge on any atom is 0.232 e. The second-order valence-electron chi connectivity index (χ2n) is 13.3. The average Bonchev–Trinajstić information content (AvgIpc) is 2.94. The Hall–Kier alpha value is -2.20. The number of nitrogens with zero attached hydrogens (tertiary/aromatic N) is 1. The first-order chi connectivity index (χ1) is 21.9. The highest BCUT2D eigenvalue weighted by Crippen LogP contribution is 2.14. The lowest BCUT2D eigenvalue weighted by atomic mass is 9.96. The molecule has 0 saturated carbocycles. The maximum atomic E-state index is 11.9. The quantitative estimate of drug-likeness (QED) is 0.0294. The third-order valence-electron chi connectivity index (χ3n) is 7.30. The van der Waals surface area contributed by atoms with Crippen molar-refractivity contribution < 1.29 is 50.8 Å². The van der Waals surface area contributed by atoms with E-state index >= 15 is 0 Å². The first-order valence-electron chi connectivity index (χ1n) is 16.7. The molecule has 0 aliphatic carbocycles. The first kappa shape index (κ1) is 44.8. The first-order valence-corrected chi connectivity index (χ1v) is 16.7. The van der Waals surface area contributed by atoms with E-state index in [2.05, 4.69) is 10.3 Å². The molecule has 0 aromatic rings. The molecule has 0 bridgehead atoms. The number of nitrogens with two attached hydrogens (primary N) is 1. The molecule has 0 spiro atoms. The van der Waals surface area contributed by atoms with Crippen LogP contribution in [0.15, 0.2) is 41.4 Å². The minimum atomic E-state index is -0.995. The Morgan fingerprint density at radius 3 is 1.51 bits per heavy atom. The molecule has 0 aromatic carbocycles. The Morgan fingerprint density at radius 1 is 0.660 bits per heavy atom. The molecule has 13 heteroatoms. The summed E-state index contributed by atoms with van der Waals surface area (Å²) in [4.78, 5) is 16.0. The lowest BCUT2D eigenvalue weighted by molar-refractivity contribution is -0.127. The molecule has 0 rings (SSSR count). The highest BCUT2D eigenvalue weighted by Gasteiger charge is 2.21. The van der Waals surface area contributed by atoms with Crippen LogP contribution in [-0.4, -0.2) is 119 Å². The van der Waals surface area contributed by atoms with Crippen molar-refractivity contribution in [1.82, 2.24) is 5.32 Å². The fraction of sp³-hybridized carbons (Fsp3) is 0.765. The Bertz CT molecular complexity index is 953. The van der Waals surface area contributed by atoms with Crippen LogP contribution in [0, 0.1) is 5.41 Å². The number of aliphatic imine (C=N–C) groups is 1. The van der Waals surface area contributed by atoms with E-state index in [-0.39, 0.29) is 63.2 Å². The zero-order valence-corrected chi connectivity index (χ0v) is 28.6. The summed E-state index contributed by atoms with van der Waals surface area (Å²) in [7, 11) is 0. The van der Waals surface area contributed by atoms with Crippen molar-refractivity contribution >= 4 is 11.9 Å². The van der Waals surface area contributed by atoms with Crippen molar-refractivity contribution in [1.29, 1.82) is 0 Å². The highest BCUT2D eigenvalue weighted by atomic mass is 16.3. The van der Waals surface area contributed by atoms with Crippen LogP contribution < -0.4 is 11.1 Å². The molecule has 0 aliphatic rings. The average molecular weight is 674 g/mol. The van der Waals surface area contributed by atoms with Gasteiger partial charge >= 0.3 is 0 Å². The number of hydrogen-bond donors (Lipinski definition) is 11. The lowest BCUT2D eigenvalue weighted by Crippen LogP contribution is -2.43. The monoisotopic (exact) mass is 673 g/mol. The molecule has 0 heterocycles. The van der Waals surface area contributed by atoms with Crippen molar-refractivity contribution in [3.05, 3.63) is 36.5 Å². The fourth-order valence-corrected chi connectivity index (χ4v) is 4.42. The van der Waals surface area contributed by atoms with Crippen LogP contribution in [-0.2, 0) is 4.79 Å². The van der Waals surface area contributed by atoms with E-state index in [0.717, 1.165) is 0 Å². The van der Waals surface area contributed by atoms with Crippen LogP contribution in [0.2, 0.25) is 0 Å². The van der Waals surface area contributed by atoms with Crippen molar-refractivity contribution in [3.8, 4) is 0 Å². The standard InChI is InChI=1S/C34H63N3O10/c1-5-23(38)18-24(39)10-6-14-28(43)21-31(46)22-29(44)15-8-13-26(41)19-25(40)11-7-12-27(42)20-30(45)16-9-17-36-33(35)37-32(47)34(2,3)4/h6-8,10-11,15,23-31,38-46H,5,9,12-14,16-22H2,1-4H3,(H3,35,36,37,47)/b10-6+,11-7+,15-8+. The van der Waals surface area contributed by atoms with Gasteiger partial charge in [-0.2, -0.15) is 0 Å². The van der Waals surface area contributed by atoms with Crippen LogP contribution in [0.25, 0.3) is 0 Å². The Balaban J connectivity index is 4.24. The minimum Gasteiger partial charge on any atom is -0.393 e. The summed E-state index contributed by atoms with van der Waals surface area (Å²) in [6.45, 7) is 7.41. The summed E-state index contributed by atoms with van der Waals surface area (Å²) in [5, 5.41) is 93.0. The van der Waals surface area contributed by atoms with Gasteiger partial charge in [-0.15, -0.1) is 0 Å². The van der Waals surface area contributed by atoms with Crippen molar-refractivity contribution in [3.63, 3.8) is 0 Å². The van der Waals surface area contributed by atoms with Crippen molar-refractivity contribution in [2.45, 2.75) is 153 Å². The molecule has 13 nitrogen and oxygen atoms in total. The number of hydrogen-bond acceptors (Lipinski definition) is 11. The second-order valence-corrected chi connectivity index (χ2v) is 13.3. The van der Waals surface area contributed by atoms with Crippen LogP contribution in [0.3, 0.4) is 0 Å². The molecule has 1 amide bonds. The number of aliphatic hydroxyl groups excluding tert-OH is 9. The van der Waals surface area contributed by atoms with Gasteiger partial charge in [0.1, 0.15) is 0 Å². The van der Waals surface area contributed by atoms with Crippen LogP contribution in [0.5, 0.6) is 0 Å². The summed E-state index contributed by atoms with van der Waals surface area (Å²) in [5.74, 6) is -0.219. The fourth-order valence-electron chi connectivity index (χ4n) is 4.42. The van der Waals surface area contributed by atoms with Gasteiger partial charge in [-0.1, -0.05) is 64.2 Å². The topological polar surface area (TPSA) is 250 Å². The van der Waals surface area contributed by atoms with Crippen molar-refractivity contribution in [2.75, 3.05) is 6.54 Å². The molecule has 0 fully saturated rings. The second kappa shape index (κ2) is 24.9. The van der Waals surface area contributed by atoms with E-state index in [4.69, 9.17) is 5.73 Å². The number of nitrogens with one attached hydrogen (secondary N) is 1. The Kier molecular flexibility index (Phi) is 23.7. The summed E-state index contributed by atoms with van der Waals surface area (Å²) in [6.07, 6.45) is 3.87. The molecule has 274 valence electrons. The maximum absolute atomic E-state index is 11.9. The minimum absolute atomic E-state index is 0.0129. The number of guanidine groups is 1. The third-order valence-corrected chi connectivity index (χ3v) is 7.30. The summed E-state index contributed by atoms with van der Waals surface area (Å²) in [5.41, 5.74) is 5.11. The van der Waals surface area contributed by atoms with Gasteiger partial charge in [0.05, 0.1) is 54.9 Å². The van der Waals surface area contributed by atoms with Crippen LogP contribution >= 0.6 is 0 Å². The normalized spacial score (nSPS) is 19.0. The van der Waals surface area contributed by atoms with Gasteiger partial charge in [-0.25, -0.2) is 0 Å². The molecule has 0 aliphatic heterocycles. The highest BCUT2D eigenvalue weighted by molar-refractivity contribution is 5.98. The number of amides is 1. The molecule has 9 atom stereocenters. The number of rotatable bonds is 24. The number of carbonyl (C=O) groups excluding carboxylic acids is 1. The predicted molar refractivity (Wildman–Crippen MR) is 182 cm³/mol. The van der Waals surface area contributed by atoms with Crippen LogP contribution in [0.1, 0.15) is 98.3 Å². The van der Waals surface area contributed by atoms with E-state index in [9.17, 15) is 50.8 Å². The molecule has 0 radical (unpaired) electrons. The van der Waals surface area contributed by atoms with Gasteiger partial charge in [0, 0.05) is 31.2 Å². The zero-order chi connectivity index (χ0) is 36.0.